The normalized spacial score (nSPS) is 18.0. The second kappa shape index (κ2) is 9.96. The summed E-state index contributed by atoms with van der Waals surface area (Å²) in [5, 5.41) is 2.78. The van der Waals surface area contributed by atoms with Crippen LogP contribution in [0.4, 0.5) is 13.2 Å². The molecule has 3 heterocycles. The van der Waals surface area contributed by atoms with E-state index in [0.717, 1.165) is 17.8 Å². The van der Waals surface area contributed by atoms with Gasteiger partial charge in [-0.15, -0.1) is 0 Å². The number of carbonyl (C=O) groups excluding carboxylic acids is 2. The highest BCUT2D eigenvalue weighted by molar-refractivity contribution is 5.97. The van der Waals surface area contributed by atoms with Gasteiger partial charge in [-0.1, -0.05) is 30.3 Å². The highest BCUT2D eigenvalue weighted by Crippen LogP contribution is 2.32. The third-order valence-corrected chi connectivity index (χ3v) is 6.48. The number of rotatable bonds is 4. The lowest BCUT2D eigenvalue weighted by atomic mass is 9.85. The summed E-state index contributed by atoms with van der Waals surface area (Å²) in [4.78, 5) is 39.9. The van der Waals surface area contributed by atoms with Crippen LogP contribution in [0, 0.1) is 0 Å². The van der Waals surface area contributed by atoms with Crippen LogP contribution >= 0.6 is 0 Å². The highest BCUT2D eigenvalue weighted by Gasteiger charge is 2.39. The van der Waals surface area contributed by atoms with Gasteiger partial charge < -0.3 is 10.2 Å². The van der Waals surface area contributed by atoms with Crippen LogP contribution in [-0.2, 0) is 6.18 Å². The molecule has 1 aliphatic rings. The largest absolute Gasteiger partial charge is 0.434 e. The number of alkyl halides is 3. The van der Waals surface area contributed by atoms with E-state index in [-0.39, 0.29) is 18.4 Å². The predicted molar refractivity (Wildman–Crippen MR) is 130 cm³/mol. The van der Waals surface area contributed by atoms with Gasteiger partial charge in [0.15, 0.2) is 5.69 Å². The van der Waals surface area contributed by atoms with Crippen molar-refractivity contribution < 1.29 is 22.8 Å². The number of halogens is 3. The average molecular weight is 506 g/mol. The van der Waals surface area contributed by atoms with E-state index in [0.29, 0.717) is 29.6 Å². The molecule has 37 heavy (non-hydrogen) atoms. The summed E-state index contributed by atoms with van der Waals surface area (Å²) < 4.78 is 40.3. The fourth-order valence-corrected chi connectivity index (χ4v) is 4.69. The Kier molecular flexibility index (Phi) is 6.56. The number of pyridine rings is 1. The molecule has 188 valence electrons. The molecule has 4 aromatic rings. The molecule has 2 aromatic carbocycles. The molecule has 0 spiro atoms. The number of nitrogens with zero attached hydrogens (tertiary/aromatic N) is 4. The number of fused-ring (bicyclic) bond motifs is 1. The molecule has 10 heteroatoms. The van der Waals surface area contributed by atoms with Crippen molar-refractivity contribution in [1.29, 1.82) is 0 Å². The Hall–Kier alpha value is -4.34. The molecule has 0 bridgehead atoms. The number of nitrogens with one attached hydrogen (secondary N) is 1. The van der Waals surface area contributed by atoms with Crippen LogP contribution in [0.1, 0.15) is 44.3 Å². The fraction of sp³-hybridized carbons (Fsp3) is 0.222. The van der Waals surface area contributed by atoms with Gasteiger partial charge in [0.25, 0.3) is 11.8 Å². The summed E-state index contributed by atoms with van der Waals surface area (Å²) in [7, 11) is 0. The zero-order chi connectivity index (χ0) is 26.0. The van der Waals surface area contributed by atoms with Gasteiger partial charge in [0.2, 0.25) is 0 Å². The van der Waals surface area contributed by atoms with E-state index in [1.54, 1.807) is 35.5 Å². The summed E-state index contributed by atoms with van der Waals surface area (Å²) in [5.74, 6) is -1.36. The molecule has 2 amide bonds. The maximum Gasteiger partial charge on any atom is 0.434 e. The standard InChI is InChI=1S/C27H22F3N5O2/c28-27(29,30)24-19(7-4-11-33-24)25(36)34-21-10-14-35(16-20(21)17-5-2-1-3-6-17)26(37)18-8-9-22-23(15-18)32-13-12-31-22/h1-9,11-13,15,20-21H,10,14,16H2,(H,34,36)/t20-,21-/m1/s1. The topological polar surface area (TPSA) is 88.1 Å². The summed E-state index contributed by atoms with van der Waals surface area (Å²) in [6.45, 7) is 0.607. The predicted octanol–water partition coefficient (Wildman–Crippen LogP) is 4.47. The van der Waals surface area contributed by atoms with Crippen LogP contribution < -0.4 is 5.32 Å². The molecule has 1 fully saturated rings. The molecule has 5 rings (SSSR count). The molecule has 2 atom stereocenters. The maximum atomic E-state index is 13.4. The number of aromatic nitrogens is 3. The second-order valence-corrected chi connectivity index (χ2v) is 8.79. The number of likely N-dealkylation sites (tertiary alicyclic amines) is 1. The van der Waals surface area contributed by atoms with Gasteiger partial charge in [0, 0.05) is 49.2 Å². The first-order chi connectivity index (χ1) is 17.8. The highest BCUT2D eigenvalue weighted by atomic mass is 19.4. The first-order valence-electron chi connectivity index (χ1n) is 11.7. The minimum atomic E-state index is -4.76. The van der Waals surface area contributed by atoms with Crippen LogP contribution in [0.25, 0.3) is 11.0 Å². The van der Waals surface area contributed by atoms with E-state index in [9.17, 15) is 22.8 Å². The molecule has 7 nitrogen and oxygen atoms in total. The molecule has 1 aliphatic heterocycles. The molecule has 0 radical (unpaired) electrons. The second-order valence-electron chi connectivity index (χ2n) is 8.79. The maximum absolute atomic E-state index is 13.4. The number of benzene rings is 2. The molecule has 0 unspecified atom stereocenters. The van der Waals surface area contributed by atoms with Gasteiger partial charge in [0.05, 0.1) is 16.6 Å². The quantitative estimate of drug-likeness (QED) is 0.442. The Morgan fingerprint density at radius 3 is 2.41 bits per heavy atom. The van der Waals surface area contributed by atoms with Crippen LogP contribution in [0.15, 0.2) is 79.3 Å². The first-order valence-corrected chi connectivity index (χ1v) is 11.7. The Balaban J connectivity index is 1.40. The van der Waals surface area contributed by atoms with E-state index < -0.39 is 29.4 Å². The van der Waals surface area contributed by atoms with Crippen molar-refractivity contribution in [3.63, 3.8) is 0 Å². The van der Waals surface area contributed by atoms with E-state index in [1.165, 1.54) is 6.07 Å². The Labute approximate surface area is 210 Å². The molecule has 1 N–H and O–H groups in total. The molecular weight excluding hydrogens is 483 g/mol. The number of hydrogen-bond donors (Lipinski definition) is 1. The van der Waals surface area contributed by atoms with Crippen LogP contribution in [0.2, 0.25) is 0 Å². The molecule has 0 saturated carbocycles. The van der Waals surface area contributed by atoms with Crippen molar-refractivity contribution >= 4 is 22.8 Å². The zero-order valence-corrected chi connectivity index (χ0v) is 19.5. The van der Waals surface area contributed by atoms with E-state index in [4.69, 9.17) is 0 Å². The van der Waals surface area contributed by atoms with Crippen LogP contribution in [0.3, 0.4) is 0 Å². The minimum Gasteiger partial charge on any atom is -0.348 e. The van der Waals surface area contributed by atoms with Gasteiger partial charge in [-0.25, -0.2) is 0 Å². The lowest BCUT2D eigenvalue weighted by molar-refractivity contribution is -0.141. The summed E-state index contributed by atoms with van der Waals surface area (Å²) >= 11 is 0. The molecule has 2 aromatic heterocycles. The molecular formula is C27H22F3N5O2. The average Bonchev–Trinajstić information content (AvgIpc) is 2.92. The first kappa shape index (κ1) is 24.4. The molecule has 1 saturated heterocycles. The lowest BCUT2D eigenvalue weighted by Crippen LogP contribution is -2.51. The Bertz CT molecular complexity index is 1440. The number of hydrogen-bond acceptors (Lipinski definition) is 5. The van der Waals surface area contributed by atoms with Crippen molar-refractivity contribution in [3.8, 4) is 0 Å². The SMILES string of the molecule is O=C(N[C@@H]1CCN(C(=O)c2ccc3nccnc3c2)C[C@@H]1c1ccccc1)c1cccnc1C(F)(F)F. The monoisotopic (exact) mass is 505 g/mol. The van der Waals surface area contributed by atoms with Crippen molar-refractivity contribution in [1.82, 2.24) is 25.2 Å². The van der Waals surface area contributed by atoms with Gasteiger partial charge >= 0.3 is 6.18 Å². The van der Waals surface area contributed by atoms with E-state index >= 15 is 0 Å². The van der Waals surface area contributed by atoms with Crippen molar-refractivity contribution in [2.24, 2.45) is 0 Å². The number of amides is 2. The third kappa shape index (κ3) is 5.13. The van der Waals surface area contributed by atoms with Crippen molar-refractivity contribution in [2.45, 2.75) is 24.6 Å². The summed E-state index contributed by atoms with van der Waals surface area (Å²) in [5.41, 5.74) is 0.862. The van der Waals surface area contributed by atoms with Gasteiger partial charge in [-0.2, -0.15) is 13.2 Å². The van der Waals surface area contributed by atoms with Crippen LogP contribution in [0.5, 0.6) is 0 Å². The Morgan fingerprint density at radius 1 is 0.892 bits per heavy atom. The third-order valence-electron chi connectivity index (χ3n) is 6.48. The zero-order valence-electron chi connectivity index (χ0n) is 19.5. The Morgan fingerprint density at radius 2 is 1.65 bits per heavy atom. The summed E-state index contributed by atoms with van der Waals surface area (Å²) in [6, 6.07) is 16.4. The van der Waals surface area contributed by atoms with Crippen LogP contribution in [-0.4, -0.2) is 50.8 Å². The van der Waals surface area contributed by atoms with Gasteiger partial charge in [-0.3, -0.25) is 24.5 Å². The van der Waals surface area contributed by atoms with E-state index in [2.05, 4.69) is 20.3 Å². The lowest BCUT2D eigenvalue weighted by Gasteiger charge is -2.39. The minimum absolute atomic E-state index is 0.190. The van der Waals surface area contributed by atoms with Gasteiger partial charge in [0.1, 0.15) is 0 Å². The van der Waals surface area contributed by atoms with Crippen molar-refractivity contribution in [2.75, 3.05) is 13.1 Å². The van der Waals surface area contributed by atoms with E-state index in [1.807, 2.05) is 30.3 Å². The van der Waals surface area contributed by atoms with Crippen molar-refractivity contribution in [3.05, 3.63) is 102 Å². The smallest absolute Gasteiger partial charge is 0.348 e. The number of carbonyl (C=O) groups is 2. The summed E-state index contributed by atoms with van der Waals surface area (Å²) in [6.07, 6.45) is -0.243. The fourth-order valence-electron chi connectivity index (χ4n) is 4.69. The van der Waals surface area contributed by atoms with Gasteiger partial charge in [-0.05, 0) is 42.3 Å². The molecule has 0 aliphatic carbocycles. The number of piperidine rings is 1.